The van der Waals surface area contributed by atoms with Crippen molar-refractivity contribution in [3.05, 3.63) is 93.3 Å². The van der Waals surface area contributed by atoms with Gasteiger partial charge in [-0.3, -0.25) is 9.69 Å². The first-order valence-electron chi connectivity index (χ1n) is 10.7. The molecule has 0 atom stereocenters. The largest absolute Gasteiger partial charge is 0.497 e. The Bertz CT molecular complexity index is 1340. The second kappa shape index (κ2) is 8.17. The van der Waals surface area contributed by atoms with Gasteiger partial charge in [-0.05, 0) is 49.2 Å². The van der Waals surface area contributed by atoms with E-state index in [1.54, 1.807) is 7.11 Å². The third kappa shape index (κ3) is 3.65. The Morgan fingerprint density at radius 3 is 2.44 bits per heavy atom. The van der Waals surface area contributed by atoms with E-state index in [2.05, 4.69) is 36.1 Å². The molecule has 3 aromatic carbocycles. The molecule has 0 N–H and O–H groups in total. The highest BCUT2D eigenvalue weighted by Crippen LogP contribution is 2.34. The van der Waals surface area contributed by atoms with Crippen molar-refractivity contribution in [2.75, 3.05) is 13.8 Å². The first-order valence-corrected chi connectivity index (χ1v) is 10.7. The standard InChI is InChI=1S/C27H25NO4/c1-17-4-6-19(7-5-17)14-28-15-23-24(31-16-28)13-12-22-26(29)25(18(2)32-27(22)23)20-8-10-21(30-3)11-9-20/h4-13H,14-16H2,1-3H3. The Hall–Kier alpha value is -3.57. The maximum absolute atomic E-state index is 13.4. The van der Waals surface area contributed by atoms with Crippen molar-refractivity contribution in [1.82, 2.24) is 4.90 Å². The van der Waals surface area contributed by atoms with Crippen LogP contribution in [0, 0.1) is 13.8 Å². The zero-order valence-corrected chi connectivity index (χ0v) is 18.5. The van der Waals surface area contributed by atoms with E-state index >= 15 is 0 Å². The molecule has 4 aromatic rings. The molecule has 162 valence electrons. The smallest absolute Gasteiger partial charge is 0.200 e. The zero-order chi connectivity index (χ0) is 22.2. The predicted molar refractivity (Wildman–Crippen MR) is 125 cm³/mol. The predicted octanol–water partition coefficient (Wildman–Crippen LogP) is 5.44. The van der Waals surface area contributed by atoms with Crippen LogP contribution in [0.5, 0.6) is 11.5 Å². The average Bonchev–Trinajstić information content (AvgIpc) is 2.81. The van der Waals surface area contributed by atoms with E-state index in [0.717, 1.165) is 29.2 Å². The van der Waals surface area contributed by atoms with E-state index in [1.807, 2.05) is 43.3 Å². The second-order valence-electron chi connectivity index (χ2n) is 8.26. The van der Waals surface area contributed by atoms with E-state index < -0.39 is 0 Å². The van der Waals surface area contributed by atoms with Crippen LogP contribution in [0.25, 0.3) is 22.1 Å². The van der Waals surface area contributed by atoms with Gasteiger partial charge in [-0.15, -0.1) is 0 Å². The molecule has 0 radical (unpaired) electrons. The summed E-state index contributed by atoms with van der Waals surface area (Å²) < 4.78 is 17.5. The van der Waals surface area contributed by atoms with Crippen LogP contribution in [0.2, 0.25) is 0 Å². The first kappa shape index (κ1) is 20.3. The number of aryl methyl sites for hydroxylation is 2. The molecular formula is C27H25NO4. The van der Waals surface area contributed by atoms with E-state index in [0.29, 0.717) is 35.6 Å². The molecule has 1 aliphatic rings. The van der Waals surface area contributed by atoms with E-state index in [-0.39, 0.29) is 5.43 Å². The lowest BCUT2D eigenvalue weighted by atomic mass is 10.0. The molecule has 0 aliphatic carbocycles. The van der Waals surface area contributed by atoms with Gasteiger partial charge in [0.05, 0.1) is 23.6 Å². The molecule has 2 heterocycles. The molecule has 0 saturated heterocycles. The molecule has 5 nitrogen and oxygen atoms in total. The van der Waals surface area contributed by atoms with E-state index in [4.69, 9.17) is 13.9 Å². The number of rotatable bonds is 4. The summed E-state index contributed by atoms with van der Waals surface area (Å²) >= 11 is 0. The molecular weight excluding hydrogens is 402 g/mol. The van der Waals surface area contributed by atoms with Crippen LogP contribution in [-0.2, 0) is 13.1 Å². The Morgan fingerprint density at radius 2 is 1.72 bits per heavy atom. The Kier molecular flexibility index (Phi) is 5.19. The number of benzene rings is 3. The summed E-state index contributed by atoms with van der Waals surface area (Å²) in [6.45, 7) is 5.85. The quantitative estimate of drug-likeness (QED) is 0.434. The number of hydrogen-bond donors (Lipinski definition) is 0. The Morgan fingerprint density at radius 1 is 0.969 bits per heavy atom. The highest BCUT2D eigenvalue weighted by molar-refractivity contribution is 5.86. The fourth-order valence-electron chi connectivity index (χ4n) is 4.26. The van der Waals surface area contributed by atoms with Crippen molar-refractivity contribution in [2.45, 2.75) is 26.9 Å². The van der Waals surface area contributed by atoms with Crippen molar-refractivity contribution in [3.8, 4) is 22.6 Å². The maximum atomic E-state index is 13.4. The van der Waals surface area contributed by atoms with E-state index in [1.165, 1.54) is 11.1 Å². The van der Waals surface area contributed by atoms with Gasteiger partial charge in [0.1, 0.15) is 29.6 Å². The van der Waals surface area contributed by atoms with Gasteiger partial charge in [0.15, 0.2) is 0 Å². The number of hydrogen-bond acceptors (Lipinski definition) is 5. The molecule has 5 heteroatoms. The SMILES string of the molecule is COc1ccc(-c2c(C)oc3c4c(ccc3c2=O)OCN(Cc2ccc(C)cc2)C4)cc1. The Labute approximate surface area is 186 Å². The second-order valence-corrected chi connectivity index (χ2v) is 8.26. The molecule has 5 rings (SSSR count). The van der Waals surface area contributed by atoms with Crippen molar-refractivity contribution >= 4 is 11.0 Å². The number of fused-ring (bicyclic) bond motifs is 3. The molecule has 0 unspecified atom stereocenters. The summed E-state index contributed by atoms with van der Waals surface area (Å²) in [5, 5.41) is 0.570. The molecule has 0 amide bonds. The molecule has 0 saturated carbocycles. The molecule has 32 heavy (non-hydrogen) atoms. The topological polar surface area (TPSA) is 51.9 Å². The summed E-state index contributed by atoms with van der Waals surface area (Å²) in [4.78, 5) is 15.7. The van der Waals surface area contributed by atoms with Crippen molar-refractivity contribution in [2.24, 2.45) is 0 Å². The van der Waals surface area contributed by atoms with Crippen LogP contribution < -0.4 is 14.9 Å². The van der Waals surface area contributed by atoms with Crippen LogP contribution in [0.15, 0.2) is 69.9 Å². The molecule has 1 aromatic heterocycles. The van der Waals surface area contributed by atoms with E-state index in [9.17, 15) is 4.79 Å². The highest BCUT2D eigenvalue weighted by atomic mass is 16.5. The maximum Gasteiger partial charge on any atom is 0.200 e. The number of ether oxygens (including phenoxy) is 2. The van der Waals surface area contributed by atoms with Gasteiger partial charge in [-0.25, -0.2) is 0 Å². The lowest BCUT2D eigenvalue weighted by molar-refractivity contribution is 0.0890. The summed E-state index contributed by atoms with van der Waals surface area (Å²) in [6, 6.07) is 19.7. The lowest BCUT2D eigenvalue weighted by Gasteiger charge is -2.29. The van der Waals surface area contributed by atoms with Crippen LogP contribution in [-0.4, -0.2) is 18.7 Å². The van der Waals surface area contributed by atoms with Gasteiger partial charge in [0, 0.05) is 13.1 Å². The minimum Gasteiger partial charge on any atom is -0.497 e. The third-order valence-corrected chi connectivity index (χ3v) is 5.99. The molecule has 0 fully saturated rings. The van der Waals surface area contributed by atoms with Crippen LogP contribution in [0.3, 0.4) is 0 Å². The molecule has 1 aliphatic heterocycles. The van der Waals surface area contributed by atoms with Gasteiger partial charge in [-0.2, -0.15) is 0 Å². The monoisotopic (exact) mass is 427 g/mol. The fraction of sp³-hybridized carbons (Fsp3) is 0.222. The van der Waals surface area contributed by atoms with Gasteiger partial charge in [0.25, 0.3) is 0 Å². The van der Waals surface area contributed by atoms with Crippen molar-refractivity contribution in [1.29, 1.82) is 0 Å². The normalized spacial score (nSPS) is 13.6. The first-order chi connectivity index (χ1) is 15.5. The Balaban J connectivity index is 1.53. The number of nitrogens with zero attached hydrogens (tertiary/aromatic N) is 1. The molecule has 0 spiro atoms. The number of methoxy groups -OCH3 is 1. The molecule has 0 bridgehead atoms. The van der Waals surface area contributed by atoms with Crippen LogP contribution in [0.4, 0.5) is 0 Å². The van der Waals surface area contributed by atoms with Gasteiger partial charge in [-0.1, -0.05) is 42.0 Å². The summed E-state index contributed by atoms with van der Waals surface area (Å²) in [5.74, 6) is 2.12. The average molecular weight is 428 g/mol. The minimum absolute atomic E-state index is 0.0348. The minimum atomic E-state index is -0.0348. The zero-order valence-electron chi connectivity index (χ0n) is 18.5. The van der Waals surface area contributed by atoms with Crippen molar-refractivity contribution < 1.29 is 13.9 Å². The summed E-state index contributed by atoms with van der Waals surface area (Å²) in [7, 11) is 1.62. The fourth-order valence-corrected chi connectivity index (χ4v) is 4.26. The van der Waals surface area contributed by atoms with Crippen LogP contribution >= 0.6 is 0 Å². The highest BCUT2D eigenvalue weighted by Gasteiger charge is 2.24. The summed E-state index contributed by atoms with van der Waals surface area (Å²) in [5.41, 5.74) is 5.35. The van der Waals surface area contributed by atoms with Gasteiger partial charge >= 0.3 is 0 Å². The summed E-state index contributed by atoms with van der Waals surface area (Å²) in [6.07, 6.45) is 0. The van der Waals surface area contributed by atoms with Crippen molar-refractivity contribution in [3.63, 3.8) is 0 Å². The lowest BCUT2D eigenvalue weighted by Crippen LogP contribution is -2.31. The third-order valence-electron chi connectivity index (χ3n) is 5.99. The van der Waals surface area contributed by atoms with Gasteiger partial charge in [0.2, 0.25) is 5.43 Å². The van der Waals surface area contributed by atoms with Gasteiger partial charge < -0.3 is 13.9 Å². The van der Waals surface area contributed by atoms with Crippen LogP contribution in [0.1, 0.15) is 22.5 Å².